The number of carbonyl (C=O) groups excluding carboxylic acids is 1. The largest absolute Gasteiger partial charge is 0.487 e. The smallest absolute Gasteiger partial charge is 0.339 e. The molecular weight excluding hydrogens is 414 g/mol. The molecule has 8 heteroatoms. The highest BCUT2D eigenvalue weighted by Crippen LogP contribution is 2.44. The van der Waals surface area contributed by atoms with Crippen LogP contribution in [0.2, 0.25) is 0 Å². The van der Waals surface area contributed by atoms with Crippen molar-refractivity contribution >= 4 is 22.8 Å². The van der Waals surface area contributed by atoms with Gasteiger partial charge < -0.3 is 24.3 Å². The third kappa shape index (κ3) is 4.18. The molecule has 8 nitrogen and oxygen atoms in total. The minimum absolute atomic E-state index is 0.268. The quantitative estimate of drug-likeness (QED) is 0.659. The Hall–Kier alpha value is -3.03. The zero-order valence-electron chi connectivity index (χ0n) is 18.7. The minimum atomic E-state index is -1.09. The van der Waals surface area contributed by atoms with Crippen molar-refractivity contribution in [1.82, 2.24) is 5.32 Å². The summed E-state index contributed by atoms with van der Waals surface area (Å²) in [6.07, 6.45) is 5.04. The summed E-state index contributed by atoms with van der Waals surface area (Å²) in [6, 6.07) is 0.802. The lowest BCUT2D eigenvalue weighted by Crippen LogP contribution is -2.42. The third-order valence-corrected chi connectivity index (χ3v) is 6.28. The summed E-state index contributed by atoms with van der Waals surface area (Å²) < 4.78 is 17.8. The highest BCUT2D eigenvalue weighted by molar-refractivity contribution is 5.93. The summed E-state index contributed by atoms with van der Waals surface area (Å²) in [6.45, 7) is 5.32. The van der Waals surface area contributed by atoms with Crippen LogP contribution < -0.4 is 20.4 Å². The van der Waals surface area contributed by atoms with E-state index in [-0.39, 0.29) is 24.3 Å². The monoisotopic (exact) mass is 443 g/mol. The Bertz CT molecular complexity index is 1130. The topological polar surface area (TPSA) is 115 Å². The molecule has 1 aliphatic heterocycles. The maximum absolute atomic E-state index is 12.7. The molecule has 1 aliphatic carbocycles. The van der Waals surface area contributed by atoms with Crippen molar-refractivity contribution in [2.24, 2.45) is 0 Å². The number of nitrogens with one attached hydrogen (secondary N) is 1. The number of carboxylic acid groups (broad SMARTS) is 1. The molecule has 0 spiro atoms. The van der Waals surface area contributed by atoms with Crippen LogP contribution in [-0.2, 0) is 28.9 Å². The van der Waals surface area contributed by atoms with Crippen LogP contribution in [-0.4, -0.2) is 35.2 Å². The molecule has 32 heavy (non-hydrogen) atoms. The van der Waals surface area contributed by atoms with Gasteiger partial charge in [0.15, 0.2) is 6.61 Å². The lowest BCUT2D eigenvalue weighted by Gasteiger charge is -2.33. The number of fused-ring (bicyclic) bond motifs is 5. The molecule has 1 unspecified atom stereocenters. The number of aryl methyl sites for hydroxylation is 2. The van der Waals surface area contributed by atoms with Crippen LogP contribution in [0.25, 0.3) is 11.0 Å². The second-order valence-corrected chi connectivity index (χ2v) is 9.13. The fourth-order valence-corrected chi connectivity index (χ4v) is 4.55. The minimum Gasteiger partial charge on any atom is -0.487 e. The molecule has 172 valence electrons. The number of ether oxygens (including phenoxy) is 2. The van der Waals surface area contributed by atoms with Crippen LogP contribution in [0.5, 0.6) is 11.5 Å². The van der Waals surface area contributed by atoms with Gasteiger partial charge in [-0.05, 0) is 64.4 Å². The van der Waals surface area contributed by atoms with Gasteiger partial charge in [-0.1, -0.05) is 6.92 Å². The molecule has 2 aliphatic rings. The second-order valence-electron chi connectivity index (χ2n) is 9.13. The Kier molecular flexibility index (Phi) is 5.88. The van der Waals surface area contributed by atoms with E-state index in [0.29, 0.717) is 35.5 Å². The van der Waals surface area contributed by atoms with Crippen LogP contribution in [0, 0.1) is 0 Å². The molecule has 1 amide bonds. The molecule has 0 saturated heterocycles. The van der Waals surface area contributed by atoms with Gasteiger partial charge >= 0.3 is 11.6 Å². The van der Waals surface area contributed by atoms with Crippen LogP contribution in [0.15, 0.2) is 15.3 Å². The summed E-state index contributed by atoms with van der Waals surface area (Å²) in [5.41, 5.74) is 2.21. The van der Waals surface area contributed by atoms with Crippen molar-refractivity contribution in [2.75, 3.05) is 6.61 Å². The van der Waals surface area contributed by atoms with Crippen molar-refractivity contribution in [3.8, 4) is 11.5 Å². The van der Waals surface area contributed by atoms with Crippen LogP contribution in [0.4, 0.5) is 0 Å². The maximum Gasteiger partial charge on any atom is 0.339 e. The molecule has 2 heterocycles. The summed E-state index contributed by atoms with van der Waals surface area (Å²) in [5.74, 6) is -0.624. The molecule has 4 rings (SSSR count). The van der Waals surface area contributed by atoms with E-state index >= 15 is 0 Å². The Morgan fingerprint density at radius 1 is 1.19 bits per heavy atom. The van der Waals surface area contributed by atoms with Crippen LogP contribution >= 0.6 is 0 Å². The molecule has 0 radical (unpaired) electrons. The lowest BCUT2D eigenvalue weighted by molar-refractivity contribution is -0.142. The molecule has 1 aromatic carbocycles. The molecular formula is C24H29NO7. The Morgan fingerprint density at radius 3 is 2.59 bits per heavy atom. The van der Waals surface area contributed by atoms with Gasteiger partial charge in [-0.15, -0.1) is 0 Å². The van der Waals surface area contributed by atoms with E-state index in [9.17, 15) is 19.5 Å². The van der Waals surface area contributed by atoms with Gasteiger partial charge in [-0.25, -0.2) is 9.59 Å². The van der Waals surface area contributed by atoms with Gasteiger partial charge in [-0.2, -0.15) is 0 Å². The fourth-order valence-electron chi connectivity index (χ4n) is 4.55. The third-order valence-electron chi connectivity index (χ3n) is 6.28. The number of carbonyl (C=O) groups is 2. The summed E-state index contributed by atoms with van der Waals surface area (Å²) in [7, 11) is 0. The number of hydrogen-bond donors (Lipinski definition) is 2. The molecule has 0 saturated carbocycles. The van der Waals surface area contributed by atoms with E-state index < -0.39 is 17.9 Å². The zero-order valence-corrected chi connectivity index (χ0v) is 18.7. The molecule has 2 N–H and O–H groups in total. The number of amides is 1. The molecule has 1 aromatic heterocycles. The predicted molar refractivity (Wildman–Crippen MR) is 118 cm³/mol. The summed E-state index contributed by atoms with van der Waals surface area (Å²) in [4.78, 5) is 36.3. The standard InChI is InChI=1S/C24H29NO7/c1-4-16(22(27)28)25-19(26)12-30-18-11-17-15(9-10-24(2,3)32-17)21-20(18)13-7-5-6-8-14(13)23(29)31-21/h11,16H,4-10,12H2,1-3H3,(H,25,26)(H,27,28). The van der Waals surface area contributed by atoms with Crippen molar-refractivity contribution < 1.29 is 28.6 Å². The number of rotatable bonds is 6. The second kappa shape index (κ2) is 8.48. The number of carboxylic acids is 1. The first-order valence-electron chi connectivity index (χ1n) is 11.2. The SMILES string of the molecule is CCC(NC(=O)COc1cc2c(c3oc(=O)c4c(c13)CCCC4)CCC(C)(C)O2)C(=O)O. The van der Waals surface area contributed by atoms with Gasteiger partial charge in [-0.3, -0.25) is 4.79 Å². The first kappa shape index (κ1) is 22.2. The Labute approximate surface area is 185 Å². The van der Waals surface area contributed by atoms with E-state index in [1.165, 1.54) is 0 Å². The number of aliphatic carboxylic acids is 1. The van der Waals surface area contributed by atoms with Gasteiger partial charge in [0.2, 0.25) is 0 Å². The van der Waals surface area contributed by atoms with Crippen LogP contribution in [0.3, 0.4) is 0 Å². The van der Waals surface area contributed by atoms with E-state index in [2.05, 4.69) is 5.32 Å². The number of benzene rings is 1. The first-order chi connectivity index (χ1) is 15.2. The highest BCUT2D eigenvalue weighted by Gasteiger charge is 2.32. The summed E-state index contributed by atoms with van der Waals surface area (Å²) >= 11 is 0. The van der Waals surface area contributed by atoms with Crippen molar-refractivity contribution in [1.29, 1.82) is 0 Å². The van der Waals surface area contributed by atoms with E-state index in [1.54, 1.807) is 13.0 Å². The molecule has 0 bridgehead atoms. The highest BCUT2D eigenvalue weighted by atomic mass is 16.5. The van der Waals surface area contributed by atoms with Crippen molar-refractivity contribution in [3.05, 3.63) is 33.2 Å². The molecule has 1 atom stereocenters. The average molecular weight is 443 g/mol. The van der Waals surface area contributed by atoms with Gasteiger partial charge in [0, 0.05) is 17.2 Å². The molecule has 0 fully saturated rings. The normalized spacial score (nSPS) is 17.6. The Morgan fingerprint density at radius 2 is 1.91 bits per heavy atom. The average Bonchev–Trinajstić information content (AvgIpc) is 2.74. The first-order valence-corrected chi connectivity index (χ1v) is 11.2. The van der Waals surface area contributed by atoms with Gasteiger partial charge in [0.1, 0.15) is 28.7 Å². The van der Waals surface area contributed by atoms with Crippen LogP contribution in [0.1, 0.15) is 63.1 Å². The van der Waals surface area contributed by atoms with Gasteiger partial charge in [0.05, 0.1) is 5.39 Å². The maximum atomic E-state index is 12.7. The van der Waals surface area contributed by atoms with Crippen molar-refractivity contribution in [3.63, 3.8) is 0 Å². The van der Waals surface area contributed by atoms with E-state index in [0.717, 1.165) is 42.2 Å². The zero-order chi connectivity index (χ0) is 23.0. The number of hydrogen-bond acceptors (Lipinski definition) is 6. The molecule has 2 aromatic rings. The summed E-state index contributed by atoms with van der Waals surface area (Å²) in [5, 5.41) is 12.4. The predicted octanol–water partition coefficient (Wildman–Crippen LogP) is 3.13. The van der Waals surface area contributed by atoms with E-state index in [1.807, 2.05) is 13.8 Å². The van der Waals surface area contributed by atoms with Crippen molar-refractivity contribution in [2.45, 2.75) is 77.4 Å². The Balaban J connectivity index is 1.76. The lowest BCUT2D eigenvalue weighted by atomic mass is 9.87. The van der Waals surface area contributed by atoms with E-state index in [4.69, 9.17) is 13.9 Å². The fraction of sp³-hybridized carbons (Fsp3) is 0.542. The van der Waals surface area contributed by atoms with Gasteiger partial charge in [0.25, 0.3) is 5.91 Å².